The Morgan fingerprint density at radius 3 is 1.77 bits per heavy atom. The Labute approximate surface area is 535 Å². The molecule has 88 heavy (non-hydrogen) atoms. The second kappa shape index (κ2) is 20.0. The molecule has 0 saturated heterocycles. The van der Waals surface area contributed by atoms with Gasteiger partial charge >= 0.3 is 0 Å². The van der Waals surface area contributed by atoms with Crippen LogP contribution in [0.5, 0.6) is 11.5 Å². The Balaban J connectivity index is 0.00000725. The smallest absolute Gasteiger partial charge is 0.268 e. The van der Waals surface area contributed by atoms with Gasteiger partial charge in [0.05, 0.1) is 44.4 Å². The average molecular weight is 1320 g/mol. The molecule has 6 heterocycles. The summed E-state index contributed by atoms with van der Waals surface area (Å²) < 4.78 is 99.9. The predicted octanol–water partition coefficient (Wildman–Crippen LogP) is 20.2. The van der Waals surface area contributed by atoms with E-state index in [9.17, 15) is 11.0 Å². The van der Waals surface area contributed by atoms with Gasteiger partial charge in [0, 0.05) is 65.8 Å². The van der Waals surface area contributed by atoms with Crippen LogP contribution in [0.25, 0.3) is 144 Å². The van der Waals surface area contributed by atoms with Gasteiger partial charge < -0.3 is 22.9 Å². The number of pyridine rings is 1. The van der Waals surface area contributed by atoms with E-state index < -0.39 is 47.7 Å². The number of furan rings is 1. The molecule has 11 aromatic carbocycles. The van der Waals surface area contributed by atoms with E-state index in [2.05, 4.69) is 136 Å². The topological polar surface area (TPSA) is 53.9 Å². The number of hydrogen-bond acceptors (Lipinski definition) is 3. The molecule has 17 rings (SSSR count). The quantitative estimate of drug-likeness (QED) is 0.123. The maximum Gasteiger partial charge on any atom is 0.268 e. The molecule has 0 fully saturated rings. The minimum Gasteiger partial charge on any atom is -0.510 e. The van der Waals surface area contributed by atoms with E-state index in [0.29, 0.717) is 61.9 Å². The number of para-hydroxylation sites is 4. The summed E-state index contributed by atoms with van der Waals surface area (Å²) >= 11 is 0. The number of benzene rings is 11. The van der Waals surface area contributed by atoms with Crippen LogP contribution in [0, 0.1) is 18.5 Å². The van der Waals surface area contributed by atoms with Gasteiger partial charge in [-0.1, -0.05) is 186 Å². The van der Waals surface area contributed by atoms with Crippen molar-refractivity contribution < 1.29 is 45.8 Å². The van der Waals surface area contributed by atoms with Crippen molar-refractivity contribution in [1.82, 2.24) is 18.7 Å². The van der Waals surface area contributed by atoms with Crippen molar-refractivity contribution in [2.45, 2.75) is 52.4 Å². The van der Waals surface area contributed by atoms with Gasteiger partial charge in [-0.3, -0.25) is 4.57 Å². The molecule has 8 heteroatoms. The monoisotopic (exact) mass is 1320 g/mol. The fourth-order valence-electron chi connectivity index (χ4n) is 13.0. The van der Waals surface area contributed by atoms with Crippen molar-refractivity contribution in [3.63, 3.8) is 0 Å². The van der Waals surface area contributed by atoms with Crippen LogP contribution in [-0.4, -0.2) is 18.7 Å². The van der Waals surface area contributed by atoms with Crippen LogP contribution in [0.15, 0.2) is 241 Å². The van der Waals surface area contributed by atoms with E-state index in [0.717, 1.165) is 82.5 Å². The van der Waals surface area contributed by atoms with Crippen LogP contribution in [0.4, 0.5) is 0 Å². The summed E-state index contributed by atoms with van der Waals surface area (Å²) in [5.74, 6) is 1.54. The largest absolute Gasteiger partial charge is 0.510 e. The third-order valence-corrected chi connectivity index (χ3v) is 17.2. The number of nitrogens with zero attached hydrogens (tertiary/aromatic N) is 5. The molecule has 426 valence electrons. The molecule has 16 aromatic rings. The van der Waals surface area contributed by atoms with Gasteiger partial charge in [-0.05, 0) is 138 Å². The fraction of sp³-hybridized carbons (Fsp3) is 0.100. The number of ether oxygens (including phenoxy) is 1. The predicted molar refractivity (Wildman–Crippen MR) is 354 cm³/mol. The van der Waals surface area contributed by atoms with Crippen LogP contribution in [0.2, 0.25) is 0 Å². The normalized spacial score (nSPS) is 13.6. The van der Waals surface area contributed by atoms with Crippen molar-refractivity contribution in [2.24, 2.45) is 0 Å². The first kappa shape index (κ1) is 45.3. The Morgan fingerprint density at radius 2 is 1.08 bits per heavy atom. The van der Waals surface area contributed by atoms with Crippen molar-refractivity contribution in [3.8, 4) is 78.9 Å². The molecular weight excluding hydrogens is 1260 g/mol. The molecule has 0 spiro atoms. The number of rotatable bonds is 6. The van der Waals surface area contributed by atoms with E-state index in [1.165, 1.54) is 0 Å². The molecule has 0 amide bonds. The summed E-state index contributed by atoms with van der Waals surface area (Å²) in [7, 11) is 0. The Morgan fingerprint density at radius 1 is 0.477 bits per heavy atom. The molecule has 0 saturated carbocycles. The Hall–Kier alpha value is -10.1. The molecule has 0 bridgehead atoms. The molecule has 0 radical (unpaired) electrons. The summed E-state index contributed by atoms with van der Waals surface area (Å²) in [6.45, 7) is 12.9. The van der Waals surface area contributed by atoms with Crippen LogP contribution in [0.3, 0.4) is 0 Å². The second-order valence-corrected chi connectivity index (χ2v) is 24.6. The summed E-state index contributed by atoms with van der Waals surface area (Å²) in [6, 6.07) is 63.8. The van der Waals surface area contributed by atoms with Crippen LogP contribution in [0.1, 0.15) is 63.6 Å². The second-order valence-electron chi connectivity index (χ2n) is 24.6. The Bertz CT molecular complexity index is 5990. The standard InChI is InChI=1S/C80H57N5O2.Pt/c1-79(2,3)51-38-39-81-76(45-51)85-70-32-17-13-28-62(70)63-36-35-55(47-71(63)85)86-54-21-19-20-53(46-54)82-48-83-77-66(41-50(42-72(77)82)49-34-37-75-65(40-49)64-29-14-18-33-74(64)87-75)58-24-9-7-22-56(58)57-23-8-10-25-59(57)67-43-52(80(4,5)6)44-73(78(67)83)84-68-30-15-11-26-60(68)61-27-12-16-31-69(61)84;/h7-45H,1-6H3;/q-2;/i7D,8D,9D,10D,22D,23D,24D,25D;. The third-order valence-electron chi connectivity index (χ3n) is 17.2. The summed E-state index contributed by atoms with van der Waals surface area (Å²) in [6.07, 6.45) is 5.71. The third kappa shape index (κ3) is 8.35. The zero-order valence-electron chi connectivity index (χ0n) is 56.8. The van der Waals surface area contributed by atoms with Gasteiger partial charge in [0.1, 0.15) is 17.0 Å². The van der Waals surface area contributed by atoms with Gasteiger partial charge in [-0.15, -0.1) is 29.7 Å². The molecule has 7 nitrogen and oxygen atoms in total. The van der Waals surface area contributed by atoms with Crippen LogP contribution < -0.4 is 9.30 Å². The molecule has 1 aliphatic rings. The number of hydrogen-bond donors (Lipinski definition) is 0. The first-order valence-corrected chi connectivity index (χ1v) is 29.2. The maximum atomic E-state index is 10.2. The first-order chi connectivity index (χ1) is 45.7. The summed E-state index contributed by atoms with van der Waals surface area (Å²) in [5, 5.41) is 5.77. The van der Waals surface area contributed by atoms with Crippen molar-refractivity contribution in [2.75, 3.05) is 0 Å². The molecule has 0 aliphatic carbocycles. The van der Waals surface area contributed by atoms with Gasteiger partial charge in [0.15, 0.2) is 0 Å². The fourth-order valence-corrected chi connectivity index (χ4v) is 13.0. The van der Waals surface area contributed by atoms with E-state index in [1.807, 2.05) is 131 Å². The molecule has 0 unspecified atom stereocenters. The first-order valence-electron chi connectivity index (χ1n) is 33.2. The van der Waals surface area contributed by atoms with E-state index >= 15 is 0 Å². The molecular formula is C80H57N5O2Pt-2. The van der Waals surface area contributed by atoms with Crippen molar-refractivity contribution in [3.05, 3.63) is 266 Å². The summed E-state index contributed by atoms with van der Waals surface area (Å²) in [4.78, 5) is 4.91. The molecule has 0 atom stereocenters. The van der Waals surface area contributed by atoms with Gasteiger partial charge in [-0.2, -0.15) is 18.2 Å². The zero-order chi connectivity index (χ0) is 65.4. The van der Waals surface area contributed by atoms with Gasteiger partial charge in [-0.25, -0.2) is 4.98 Å². The van der Waals surface area contributed by atoms with E-state index in [4.69, 9.17) is 14.1 Å². The van der Waals surface area contributed by atoms with Crippen molar-refractivity contribution >= 4 is 76.6 Å². The minimum absolute atomic E-state index is 0. The number of fused-ring (bicyclic) bond motifs is 16. The SMILES string of the molecule is [2H]c1c([2H])c([2H])c2c(c1[2H])-c1cc(C(C)(C)C)cc(-n3c4ccccc4c4ccccc43)c1-[n+]1[c-]n(-c3[c-]c(Oc4[c-]c5c(cc4)c4ccccc4n5-c4cc(C(C)(C)C)ccn4)ccc3)c3cc(-c4ccc5oc6ccccc6c5c4)cc(c31)-c1c([2H])c([2H])c([2H])c([2H])c1-2.[Pt]. The number of aromatic nitrogens is 5. The molecule has 1 aliphatic heterocycles. The molecule has 5 aromatic heterocycles. The summed E-state index contributed by atoms with van der Waals surface area (Å²) in [5.41, 5.74) is 10.9. The maximum absolute atomic E-state index is 10.2. The van der Waals surface area contributed by atoms with Crippen molar-refractivity contribution in [1.29, 1.82) is 0 Å². The Kier molecular flexibility index (Phi) is 10.3. The average Bonchev–Trinajstić information content (AvgIpc) is 1.53. The van der Waals surface area contributed by atoms with Crippen LogP contribution in [-0.2, 0) is 31.9 Å². The zero-order valence-corrected chi connectivity index (χ0v) is 51.0. The van der Waals surface area contributed by atoms with Crippen LogP contribution >= 0.6 is 0 Å². The minimum atomic E-state index is -0.570. The molecule has 0 N–H and O–H groups in total. The van der Waals surface area contributed by atoms with Gasteiger partial charge in [0.2, 0.25) is 0 Å². The number of imidazole rings is 1. The van der Waals surface area contributed by atoms with Gasteiger partial charge in [0.25, 0.3) is 6.33 Å². The van der Waals surface area contributed by atoms with E-state index in [-0.39, 0.29) is 54.8 Å². The van der Waals surface area contributed by atoms with E-state index in [1.54, 1.807) is 0 Å².